The molecule has 3 rings (SSSR count). The van der Waals surface area contributed by atoms with Gasteiger partial charge in [-0.15, -0.1) is 0 Å². The summed E-state index contributed by atoms with van der Waals surface area (Å²) in [6, 6.07) is 10.2. The Morgan fingerprint density at radius 2 is 1.82 bits per heavy atom. The third-order valence-corrected chi connectivity index (χ3v) is 5.82. The number of pyridine rings is 1. The highest BCUT2D eigenvalue weighted by Gasteiger charge is 2.34. The molecule has 0 spiro atoms. The molecule has 34 heavy (non-hydrogen) atoms. The zero-order valence-corrected chi connectivity index (χ0v) is 19.6. The molecule has 1 aromatic heterocycles. The highest BCUT2D eigenvalue weighted by Crippen LogP contribution is 2.34. The van der Waals surface area contributed by atoms with Crippen LogP contribution in [0.1, 0.15) is 41.7 Å². The second kappa shape index (κ2) is 10.8. The van der Waals surface area contributed by atoms with Crippen LogP contribution in [0.2, 0.25) is 0 Å². The minimum absolute atomic E-state index is 0.0306. The summed E-state index contributed by atoms with van der Waals surface area (Å²) in [5.74, 6) is -2.17. The van der Waals surface area contributed by atoms with Crippen molar-refractivity contribution in [1.82, 2.24) is 14.8 Å². The van der Waals surface area contributed by atoms with Gasteiger partial charge in [0.15, 0.2) is 0 Å². The predicted molar refractivity (Wildman–Crippen MR) is 128 cm³/mol. The molecule has 0 bridgehead atoms. The Labute approximate surface area is 198 Å². The fourth-order valence-corrected chi connectivity index (χ4v) is 3.88. The van der Waals surface area contributed by atoms with Crippen LogP contribution in [0.25, 0.3) is 0 Å². The number of piperidine rings is 1. The van der Waals surface area contributed by atoms with E-state index in [-0.39, 0.29) is 35.8 Å². The van der Waals surface area contributed by atoms with Crippen molar-refractivity contribution in [2.24, 2.45) is 11.7 Å². The molecule has 4 N–H and O–H groups in total. The lowest BCUT2D eigenvalue weighted by molar-refractivity contribution is -0.146. The normalized spacial score (nSPS) is 17.6. The van der Waals surface area contributed by atoms with Crippen LogP contribution in [0, 0.1) is 5.92 Å². The van der Waals surface area contributed by atoms with Gasteiger partial charge in [0.05, 0.1) is 18.2 Å². The van der Waals surface area contributed by atoms with Gasteiger partial charge in [-0.1, -0.05) is 19.1 Å². The van der Waals surface area contributed by atoms with Gasteiger partial charge < -0.3 is 26.2 Å². The van der Waals surface area contributed by atoms with Crippen molar-refractivity contribution < 1.29 is 19.2 Å². The molecule has 1 aromatic carbocycles. The van der Waals surface area contributed by atoms with E-state index >= 15 is 0 Å². The van der Waals surface area contributed by atoms with Crippen LogP contribution in [-0.2, 0) is 14.4 Å². The van der Waals surface area contributed by atoms with Gasteiger partial charge in [0.2, 0.25) is 5.91 Å². The number of likely N-dealkylation sites (tertiary alicyclic amines) is 1. The zero-order chi connectivity index (χ0) is 24.8. The fourth-order valence-electron chi connectivity index (χ4n) is 3.88. The van der Waals surface area contributed by atoms with E-state index in [0.717, 1.165) is 17.7 Å². The lowest BCUT2D eigenvalue weighted by Gasteiger charge is -2.38. The number of rotatable bonds is 6. The Bertz CT molecular complexity index is 1070. The molecule has 2 aromatic rings. The maximum absolute atomic E-state index is 13.1. The lowest BCUT2D eigenvalue weighted by atomic mass is 9.89. The van der Waals surface area contributed by atoms with Gasteiger partial charge in [0, 0.05) is 32.5 Å². The highest BCUT2D eigenvalue weighted by atomic mass is 16.2. The summed E-state index contributed by atoms with van der Waals surface area (Å²) in [5, 5.41) is 5.51. The van der Waals surface area contributed by atoms with Crippen LogP contribution in [0.5, 0.6) is 0 Å². The van der Waals surface area contributed by atoms with Crippen molar-refractivity contribution in [3.63, 3.8) is 0 Å². The number of aromatic nitrogens is 1. The average Bonchev–Trinajstić information content (AvgIpc) is 2.82. The van der Waals surface area contributed by atoms with Gasteiger partial charge in [0.25, 0.3) is 5.91 Å². The summed E-state index contributed by atoms with van der Waals surface area (Å²) >= 11 is 0. The molecule has 1 saturated heterocycles. The molecular formula is C24H30N6O4. The highest BCUT2D eigenvalue weighted by molar-refractivity contribution is 6.39. The molecule has 1 aliphatic rings. The van der Waals surface area contributed by atoms with Crippen molar-refractivity contribution in [2.75, 3.05) is 37.8 Å². The average molecular weight is 467 g/mol. The van der Waals surface area contributed by atoms with E-state index in [2.05, 4.69) is 15.6 Å². The Morgan fingerprint density at radius 1 is 1.12 bits per heavy atom. The number of hydrogen-bond acceptors (Lipinski definition) is 6. The molecule has 0 saturated carbocycles. The topological polar surface area (TPSA) is 138 Å². The van der Waals surface area contributed by atoms with Crippen molar-refractivity contribution >= 4 is 35.1 Å². The second-order valence-corrected chi connectivity index (χ2v) is 8.64. The number of primary amides is 1. The number of amides is 4. The monoisotopic (exact) mass is 466 g/mol. The molecule has 2 heterocycles. The van der Waals surface area contributed by atoms with Gasteiger partial charge in [-0.2, -0.15) is 0 Å². The van der Waals surface area contributed by atoms with Gasteiger partial charge >= 0.3 is 11.8 Å². The van der Waals surface area contributed by atoms with Crippen molar-refractivity contribution in [3.05, 3.63) is 53.7 Å². The number of hydrogen-bond donors (Lipinski definition) is 3. The third kappa shape index (κ3) is 5.89. The molecule has 0 radical (unpaired) electrons. The lowest BCUT2D eigenvalue weighted by Crippen LogP contribution is -2.46. The van der Waals surface area contributed by atoms with E-state index in [1.54, 1.807) is 19.0 Å². The summed E-state index contributed by atoms with van der Waals surface area (Å²) in [5.41, 5.74) is 7.05. The summed E-state index contributed by atoms with van der Waals surface area (Å²) in [4.78, 5) is 56.4. The first-order valence-electron chi connectivity index (χ1n) is 11.1. The number of benzene rings is 1. The number of nitrogens with zero attached hydrogens (tertiary/aromatic N) is 3. The van der Waals surface area contributed by atoms with Gasteiger partial charge in [-0.3, -0.25) is 19.2 Å². The standard InChI is InChI=1S/C24H30N6O4/c1-15-6-11-19(16-7-9-17(10-8-16)27-13-20(31)29(2)3)30(14-15)24(34)23(33)28-22-18(21(25)32)5-4-12-26-22/h4-5,7-10,12,15,19,27H,6,11,13-14H2,1-3H3,(H2,25,32)(H,26,28,33)/t15-,19+/m0/s1. The number of likely N-dealkylation sites (N-methyl/N-ethyl adjacent to an activating group) is 1. The van der Waals surface area contributed by atoms with Crippen molar-refractivity contribution in [1.29, 1.82) is 0 Å². The number of nitrogens with one attached hydrogen (secondary N) is 2. The maximum atomic E-state index is 13.1. The quantitative estimate of drug-likeness (QED) is 0.553. The minimum Gasteiger partial charge on any atom is -0.376 e. The van der Waals surface area contributed by atoms with E-state index in [1.165, 1.54) is 23.2 Å². The van der Waals surface area contributed by atoms with E-state index in [4.69, 9.17) is 5.73 Å². The molecule has 1 fully saturated rings. The van der Waals surface area contributed by atoms with Crippen LogP contribution in [-0.4, -0.2) is 65.6 Å². The van der Waals surface area contributed by atoms with Crippen molar-refractivity contribution in [2.45, 2.75) is 25.8 Å². The van der Waals surface area contributed by atoms with Gasteiger partial charge in [-0.25, -0.2) is 4.98 Å². The van der Waals surface area contributed by atoms with Crippen LogP contribution in [0.4, 0.5) is 11.5 Å². The maximum Gasteiger partial charge on any atom is 0.315 e. The van der Waals surface area contributed by atoms with E-state index < -0.39 is 17.7 Å². The minimum atomic E-state index is -0.874. The van der Waals surface area contributed by atoms with Gasteiger partial charge in [-0.05, 0) is 48.6 Å². The molecule has 4 amide bonds. The van der Waals surface area contributed by atoms with Crippen molar-refractivity contribution in [3.8, 4) is 0 Å². The van der Waals surface area contributed by atoms with Crippen LogP contribution < -0.4 is 16.4 Å². The fraction of sp³-hybridized carbons (Fsp3) is 0.375. The summed E-state index contributed by atoms with van der Waals surface area (Å²) in [6.07, 6.45) is 3.03. The second-order valence-electron chi connectivity index (χ2n) is 8.64. The predicted octanol–water partition coefficient (Wildman–Crippen LogP) is 1.62. The summed E-state index contributed by atoms with van der Waals surface area (Å²) in [6.45, 7) is 2.64. The van der Waals surface area contributed by atoms with Gasteiger partial charge in [0.1, 0.15) is 5.82 Å². The molecular weight excluding hydrogens is 436 g/mol. The molecule has 10 heteroatoms. The zero-order valence-electron chi connectivity index (χ0n) is 19.6. The third-order valence-electron chi connectivity index (χ3n) is 5.82. The molecule has 0 unspecified atom stereocenters. The van der Waals surface area contributed by atoms with Crippen LogP contribution in [0.15, 0.2) is 42.6 Å². The Morgan fingerprint density at radius 3 is 2.47 bits per heavy atom. The number of anilines is 2. The molecule has 10 nitrogen and oxygen atoms in total. The molecule has 0 aliphatic carbocycles. The number of carbonyl (C=O) groups is 4. The van der Waals surface area contributed by atoms with E-state index in [1.807, 2.05) is 31.2 Å². The molecule has 2 atom stereocenters. The van der Waals surface area contributed by atoms with E-state index in [9.17, 15) is 19.2 Å². The van der Waals surface area contributed by atoms with Crippen LogP contribution >= 0.6 is 0 Å². The smallest absolute Gasteiger partial charge is 0.315 e. The summed E-state index contributed by atoms with van der Waals surface area (Å²) < 4.78 is 0. The number of carbonyl (C=O) groups excluding carboxylic acids is 4. The summed E-state index contributed by atoms with van der Waals surface area (Å²) in [7, 11) is 3.39. The first-order chi connectivity index (χ1) is 16.2. The Kier molecular flexibility index (Phi) is 7.83. The SMILES string of the molecule is C[C@H]1CC[C@H](c2ccc(NCC(=O)N(C)C)cc2)N(C(=O)C(=O)Nc2ncccc2C(N)=O)C1. The first-order valence-corrected chi connectivity index (χ1v) is 11.1. The first kappa shape index (κ1) is 24.7. The number of nitrogens with two attached hydrogens (primary N) is 1. The van der Waals surface area contributed by atoms with Crippen LogP contribution in [0.3, 0.4) is 0 Å². The van der Waals surface area contributed by atoms with E-state index in [0.29, 0.717) is 13.0 Å². The molecule has 180 valence electrons. The Balaban J connectivity index is 1.74. The largest absolute Gasteiger partial charge is 0.376 e. The Hall–Kier alpha value is -3.95. The molecule has 1 aliphatic heterocycles.